The molecule has 0 nitrogen and oxygen atoms in total. The summed E-state index contributed by atoms with van der Waals surface area (Å²) < 4.78 is 0. The number of hydrogen-bond acceptors (Lipinski definition) is 0. The molecule has 0 spiro atoms. The Morgan fingerprint density at radius 3 is 0.731 bits per heavy atom. The molecule has 4 aromatic carbocycles. The molecule has 0 aliphatic carbocycles. The molecule has 0 saturated carbocycles. The molecular formula is C24H21BLi. The van der Waals surface area contributed by atoms with Gasteiger partial charge >= 0.3 is 1.43 Å². The molecule has 121 valence electrons. The summed E-state index contributed by atoms with van der Waals surface area (Å²) in [6, 6.07) is 43.5. The monoisotopic (exact) mass is 327 g/mol. The summed E-state index contributed by atoms with van der Waals surface area (Å²) in [6.45, 7) is 0. The predicted octanol–water partition coefficient (Wildman–Crippen LogP) is 2.80. The summed E-state index contributed by atoms with van der Waals surface area (Å²) in [7, 11) is 0. The van der Waals surface area contributed by atoms with Crippen LogP contribution in [0, 0.1) is 0 Å². The maximum absolute atomic E-state index is 2.26. The standard InChI is InChI=1S/C24H20B.Li/c1-5-13-21(14-6-1)25(22-15-7-2-8-16-22,23-17-9-3-10-18-23)24-19-11-4-12-20-24;/h1-20H;/q-1;/p+1. The quantitative estimate of drug-likeness (QED) is 0.506. The normalized spacial score (nSPS) is 10.8. The summed E-state index contributed by atoms with van der Waals surface area (Å²) in [5.74, 6) is 0. The topological polar surface area (TPSA) is 0 Å². The van der Waals surface area contributed by atoms with Gasteiger partial charge in [0, 0.05) is 18.9 Å². The first-order chi connectivity index (χ1) is 12.4. The third kappa shape index (κ3) is 3.17. The molecule has 0 bridgehead atoms. The maximum Gasteiger partial charge on any atom is 1.00 e. The second kappa shape index (κ2) is 8.28. The van der Waals surface area contributed by atoms with Gasteiger partial charge < -0.3 is 0 Å². The van der Waals surface area contributed by atoms with Crippen molar-refractivity contribution in [2.45, 2.75) is 0 Å². The van der Waals surface area contributed by atoms with Crippen LogP contribution in [-0.4, -0.2) is 25.0 Å². The molecular weight excluding hydrogens is 306 g/mol. The van der Waals surface area contributed by atoms with E-state index in [-0.39, 0.29) is 20.3 Å². The molecule has 2 heteroatoms. The zero-order chi connectivity index (χ0) is 17.0. The van der Waals surface area contributed by atoms with Crippen LogP contribution in [0.2, 0.25) is 0 Å². The molecule has 4 rings (SSSR count). The Balaban J connectivity index is 0.00000131. The maximum atomic E-state index is 2.26. The van der Waals surface area contributed by atoms with Crippen LogP contribution in [0.3, 0.4) is 0 Å². The van der Waals surface area contributed by atoms with Crippen molar-refractivity contribution < 1.29 is 1.43 Å². The van der Waals surface area contributed by atoms with Gasteiger partial charge in [0.15, 0.2) is 0 Å². The van der Waals surface area contributed by atoms with Gasteiger partial charge in [-0.3, -0.25) is 0 Å². The van der Waals surface area contributed by atoms with E-state index in [2.05, 4.69) is 121 Å². The van der Waals surface area contributed by atoms with E-state index in [1.807, 2.05) is 0 Å². The van der Waals surface area contributed by atoms with Crippen molar-refractivity contribution in [2.24, 2.45) is 0 Å². The van der Waals surface area contributed by atoms with Gasteiger partial charge in [0.25, 0.3) is 0 Å². The van der Waals surface area contributed by atoms with Crippen LogP contribution in [-0.2, 0) is 0 Å². The van der Waals surface area contributed by atoms with E-state index in [4.69, 9.17) is 0 Å². The minimum absolute atomic E-state index is 0. The van der Waals surface area contributed by atoms with Gasteiger partial charge in [-0.1, -0.05) is 121 Å². The first-order valence-corrected chi connectivity index (χ1v) is 8.80. The summed E-state index contributed by atoms with van der Waals surface area (Å²) >= 11 is 0. The Morgan fingerprint density at radius 2 is 0.538 bits per heavy atom. The number of rotatable bonds is 4. The second-order valence-electron chi connectivity index (χ2n) is 6.51. The second-order valence-corrected chi connectivity index (χ2v) is 6.51. The molecule has 0 amide bonds. The van der Waals surface area contributed by atoms with Gasteiger partial charge in [0.05, 0.1) is 0 Å². The molecule has 0 atom stereocenters. The zero-order valence-electron chi connectivity index (χ0n) is 16.1. The largest absolute Gasteiger partial charge is 1.00 e. The van der Waals surface area contributed by atoms with Gasteiger partial charge in [-0.05, 0) is 0 Å². The summed E-state index contributed by atoms with van der Waals surface area (Å²) in [4.78, 5) is 0. The molecule has 0 heterocycles. The van der Waals surface area contributed by atoms with E-state index < -0.39 is 6.15 Å². The van der Waals surface area contributed by atoms with E-state index in [0.29, 0.717) is 0 Å². The Labute approximate surface area is 169 Å². The summed E-state index contributed by atoms with van der Waals surface area (Å²) in [5.41, 5.74) is 5.36. The molecule has 26 heavy (non-hydrogen) atoms. The first-order valence-electron chi connectivity index (χ1n) is 8.80. The Bertz CT molecular complexity index is 765. The first kappa shape index (κ1) is 18.3. The van der Waals surface area contributed by atoms with E-state index in [1.165, 1.54) is 21.9 Å². The molecule has 0 aromatic heterocycles. The van der Waals surface area contributed by atoms with Crippen molar-refractivity contribution in [3.05, 3.63) is 121 Å². The van der Waals surface area contributed by atoms with Gasteiger partial charge in [0.1, 0.15) is 6.15 Å². The van der Waals surface area contributed by atoms with Gasteiger partial charge in [0.2, 0.25) is 0 Å². The Kier molecular flexibility index (Phi) is 5.84. The number of hydrogen-bond donors (Lipinski definition) is 0. The van der Waals surface area contributed by atoms with Crippen molar-refractivity contribution in [2.75, 3.05) is 0 Å². The fourth-order valence-electron chi connectivity index (χ4n) is 4.12. The molecule has 0 N–H and O–H groups in total. The molecule has 0 saturated heterocycles. The van der Waals surface area contributed by atoms with E-state index >= 15 is 0 Å². The van der Waals surface area contributed by atoms with Crippen molar-refractivity contribution in [1.29, 1.82) is 0 Å². The van der Waals surface area contributed by atoms with Crippen LogP contribution in [0.15, 0.2) is 121 Å². The summed E-state index contributed by atoms with van der Waals surface area (Å²) in [6.07, 6.45) is -1.22. The fourth-order valence-corrected chi connectivity index (χ4v) is 4.12. The van der Waals surface area contributed by atoms with Gasteiger partial charge in [-0.2, -0.15) is 21.9 Å². The van der Waals surface area contributed by atoms with Crippen molar-refractivity contribution >= 4 is 46.9 Å². The number of benzene rings is 4. The Hall–Kier alpha value is -2.46. The fraction of sp³-hybridized carbons (Fsp3) is 0. The molecule has 0 aliphatic rings. The molecule has 1 radical (unpaired) electrons. The van der Waals surface area contributed by atoms with Gasteiger partial charge in [-0.15, -0.1) is 0 Å². The molecule has 0 unspecified atom stereocenters. The van der Waals surface area contributed by atoms with Crippen LogP contribution in [0.1, 0.15) is 1.43 Å². The molecule has 0 fully saturated rings. The van der Waals surface area contributed by atoms with Crippen LogP contribution in [0.5, 0.6) is 0 Å². The predicted molar refractivity (Wildman–Crippen MR) is 117 cm³/mol. The SMILES string of the molecule is [H+].[Li].c1ccc([B-](c2ccccc2)(c2ccccc2)c2ccccc2)cc1. The third-order valence-corrected chi connectivity index (χ3v) is 5.20. The van der Waals surface area contributed by atoms with Crippen molar-refractivity contribution in [1.82, 2.24) is 0 Å². The van der Waals surface area contributed by atoms with Crippen LogP contribution in [0.4, 0.5) is 0 Å². The minimum Gasteiger partial charge on any atom is -0.195 e. The zero-order valence-corrected chi connectivity index (χ0v) is 15.1. The van der Waals surface area contributed by atoms with E-state index in [1.54, 1.807) is 0 Å². The average molecular weight is 327 g/mol. The van der Waals surface area contributed by atoms with Gasteiger partial charge in [-0.25, -0.2) is 0 Å². The van der Waals surface area contributed by atoms with Crippen LogP contribution < -0.4 is 21.9 Å². The smallest absolute Gasteiger partial charge is 0.195 e. The molecule has 4 aromatic rings. The van der Waals surface area contributed by atoms with Crippen LogP contribution >= 0.6 is 0 Å². The average Bonchev–Trinajstić information content (AvgIpc) is 2.72. The van der Waals surface area contributed by atoms with Crippen molar-refractivity contribution in [3.63, 3.8) is 0 Å². The van der Waals surface area contributed by atoms with E-state index in [0.717, 1.165) is 0 Å². The third-order valence-electron chi connectivity index (χ3n) is 5.20. The molecule has 0 aliphatic heterocycles. The van der Waals surface area contributed by atoms with E-state index in [9.17, 15) is 0 Å². The van der Waals surface area contributed by atoms with Crippen molar-refractivity contribution in [3.8, 4) is 0 Å². The minimum atomic E-state index is -1.22. The summed E-state index contributed by atoms with van der Waals surface area (Å²) in [5, 5.41) is 0. The Morgan fingerprint density at radius 1 is 0.346 bits per heavy atom. The van der Waals surface area contributed by atoms with Crippen LogP contribution in [0.25, 0.3) is 0 Å².